The molecule has 0 atom stereocenters. The second-order valence-corrected chi connectivity index (χ2v) is 13.9. The van der Waals surface area contributed by atoms with Crippen molar-refractivity contribution in [1.29, 1.82) is 0 Å². The van der Waals surface area contributed by atoms with E-state index in [2.05, 4.69) is 38.8 Å². The van der Waals surface area contributed by atoms with Crippen LogP contribution >= 0.6 is 0 Å². The minimum atomic E-state index is -2.00. The van der Waals surface area contributed by atoms with E-state index >= 15 is 0 Å². The number of rotatable bonds is 4. The summed E-state index contributed by atoms with van der Waals surface area (Å²) >= 11 is 0. The molecule has 0 radical (unpaired) electrons. The van der Waals surface area contributed by atoms with Crippen LogP contribution in [0.15, 0.2) is 16.5 Å². The van der Waals surface area contributed by atoms with Crippen LogP contribution in [0.25, 0.3) is 11.1 Å². The third-order valence-corrected chi connectivity index (χ3v) is 10.5. The highest BCUT2D eigenvalue weighted by molar-refractivity contribution is 6.74. The molecular weight excluding hydrogens is 360 g/mol. The summed E-state index contributed by atoms with van der Waals surface area (Å²) in [5.74, 6) is 0.567. The van der Waals surface area contributed by atoms with Crippen molar-refractivity contribution >= 4 is 31.1 Å². The zero-order valence-corrected chi connectivity index (χ0v) is 17.8. The van der Waals surface area contributed by atoms with Crippen LogP contribution in [0.2, 0.25) is 18.1 Å². The number of aliphatic carboxylic acids is 1. The minimum absolute atomic E-state index is 0.0756. The van der Waals surface area contributed by atoms with Gasteiger partial charge in [-0.1, -0.05) is 20.8 Å². The quantitative estimate of drug-likeness (QED) is 0.553. The highest BCUT2D eigenvalue weighted by atomic mass is 28.4. The number of oxazole rings is 1. The van der Waals surface area contributed by atoms with Crippen molar-refractivity contribution in [3.63, 3.8) is 0 Å². The molecule has 148 valence electrons. The third kappa shape index (κ3) is 3.97. The first kappa shape index (κ1) is 19.7. The maximum Gasteiger partial charge on any atom is 0.306 e. The predicted octanol–water partition coefficient (Wildman–Crippen LogP) is 5.15. The number of nitrogens with zero attached hydrogens (tertiary/aromatic N) is 1. The topological polar surface area (TPSA) is 98.6 Å². The van der Waals surface area contributed by atoms with Gasteiger partial charge in [-0.25, -0.2) is 4.98 Å². The summed E-state index contributed by atoms with van der Waals surface area (Å²) in [4.78, 5) is 15.8. The summed E-state index contributed by atoms with van der Waals surface area (Å²) in [6, 6.07) is 3.66. The number of carboxylic acid groups (broad SMARTS) is 1. The fourth-order valence-electron chi connectivity index (χ4n) is 3.27. The summed E-state index contributed by atoms with van der Waals surface area (Å²) in [5.41, 5.74) is 8.18. The number of aromatic nitrogens is 1. The van der Waals surface area contributed by atoms with Crippen molar-refractivity contribution < 1.29 is 18.7 Å². The Balaban J connectivity index is 1.83. The fraction of sp³-hybridized carbons (Fsp3) is 0.600. The van der Waals surface area contributed by atoms with E-state index < -0.39 is 14.3 Å². The van der Waals surface area contributed by atoms with Gasteiger partial charge in [0.15, 0.2) is 11.5 Å². The maximum absolute atomic E-state index is 11.1. The lowest BCUT2D eigenvalue weighted by atomic mass is 9.82. The Morgan fingerprint density at radius 2 is 1.89 bits per heavy atom. The number of benzene rings is 1. The molecule has 1 heterocycles. The van der Waals surface area contributed by atoms with Crippen LogP contribution < -0.4 is 10.2 Å². The largest absolute Gasteiger partial charge is 0.542 e. The average molecular weight is 391 g/mol. The number of fused-ring (bicyclic) bond motifs is 1. The second-order valence-electron chi connectivity index (χ2n) is 9.16. The number of carbonyl (C=O) groups is 1. The molecule has 0 unspecified atom stereocenters. The van der Waals surface area contributed by atoms with Crippen molar-refractivity contribution in [2.24, 2.45) is 5.92 Å². The van der Waals surface area contributed by atoms with Gasteiger partial charge in [-0.05, 0) is 43.8 Å². The van der Waals surface area contributed by atoms with Crippen molar-refractivity contribution in [3.8, 4) is 5.75 Å². The highest BCUT2D eigenvalue weighted by Gasteiger charge is 2.39. The van der Waals surface area contributed by atoms with Crippen LogP contribution in [0.5, 0.6) is 5.75 Å². The molecule has 2 aromatic rings. The van der Waals surface area contributed by atoms with Crippen molar-refractivity contribution in [2.45, 2.75) is 70.5 Å². The number of nitrogen functional groups attached to an aromatic ring is 1. The van der Waals surface area contributed by atoms with Gasteiger partial charge in [-0.3, -0.25) is 4.79 Å². The van der Waals surface area contributed by atoms with E-state index in [1.165, 1.54) is 0 Å². The molecule has 1 aromatic heterocycles. The molecular formula is C20H30N2O4Si. The van der Waals surface area contributed by atoms with E-state index in [9.17, 15) is 4.79 Å². The van der Waals surface area contributed by atoms with Gasteiger partial charge in [-0.15, -0.1) is 0 Å². The first-order valence-corrected chi connectivity index (χ1v) is 12.5. The Hall–Kier alpha value is -2.02. The van der Waals surface area contributed by atoms with Gasteiger partial charge in [0.2, 0.25) is 0 Å². The molecule has 1 aliphatic rings. The van der Waals surface area contributed by atoms with Crippen molar-refractivity contribution in [3.05, 3.63) is 18.0 Å². The fourth-order valence-corrected chi connectivity index (χ4v) is 4.30. The monoisotopic (exact) mass is 390 g/mol. The lowest BCUT2D eigenvalue weighted by molar-refractivity contribution is -0.142. The molecule has 0 aliphatic heterocycles. The van der Waals surface area contributed by atoms with Crippen molar-refractivity contribution in [2.75, 3.05) is 5.73 Å². The smallest absolute Gasteiger partial charge is 0.306 e. The van der Waals surface area contributed by atoms with E-state index in [0.717, 1.165) is 18.4 Å². The molecule has 1 fully saturated rings. The molecule has 3 N–H and O–H groups in total. The van der Waals surface area contributed by atoms with Gasteiger partial charge in [0.25, 0.3) is 8.32 Å². The van der Waals surface area contributed by atoms with Gasteiger partial charge >= 0.3 is 5.97 Å². The second kappa shape index (κ2) is 6.85. The lowest BCUT2D eigenvalue weighted by Gasteiger charge is -2.36. The average Bonchev–Trinajstić information content (AvgIpc) is 2.96. The Bertz CT molecular complexity index is 846. The minimum Gasteiger partial charge on any atom is -0.542 e. The zero-order valence-electron chi connectivity index (χ0n) is 16.8. The predicted molar refractivity (Wildman–Crippen MR) is 109 cm³/mol. The van der Waals surface area contributed by atoms with Crippen LogP contribution in [-0.4, -0.2) is 24.4 Å². The normalized spacial score (nSPS) is 21.4. The van der Waals surface area contributed by atoms with Crippen LogP contribution in [0.3, 0.4) is 0 Å². The maximum atomic E-state index is 11.1. The Labute approximate surface area is 161 Å². The standard InChI is InChI=1S/C20H30N2O4Si/c1-20(2,3)27(4,5)26-16-11-15-17(10-14(16)21)25-18(22-15)12-6-8-13(9-7-12)19(23)24/h10-13H,6-9,21H2,1-5H3,(H,23,24). The summed E-state index contributed by atoms with van der Waals surface area (Å²) in [6.07, 6.45) is 2.90. The third-order valence-electron chi connectivity index (χ3n) is 6.13. The van der Waals surface area contributed by atoms with E-state index in [1.807, 2.05) is 6.07 Å². The molecule has 1 aliphatic carbocycles. The number of hydrogen-bond donors (Lipinski definition) is 2. The molecule has 27 heavy (non-hydrogen) atoms. The van der Waals surface area contributed by atoms with E-state index in [-0.39, 0.29) is 16.9 Å². The molecule has 0 bridgehead atoms. The van der Waals surface area contributed by atoms with E-state index in [0.29, 0.717) is 35.8 Å². The van der Waals surface area contributed by atoms with E-state index in [4.69, 9.17) is 19.7 Å². The number of anilines is 1. The number of carboxylic acids is 1. The number of nitrogens with two attached hydrogens (primary N) is 1. The van der Waals surface area contributed by atoms with Gasteiger partial charge in [0.05, 0.1) is 11.6 Å². The summed E-state index contributed by atoms with van der Waals surface area (Å²) < 4.78 is 12.3. The molecule has 3 rings (SSSR count). The van der Waals surface area contributed by atoms with Crippen molar-refractivity contribution in [1.82, 2.24) is 4.98 Å². The first-order chi connectivity index (χ1) is 12.5. The molecule has 1 aromatic carbocycles. The zero-order chi connectivity index (χ0) is 20.0. The molecule has 0 saturated heterocycles. The SMILES string of the molecule is CC(C)(C)[Si](C)(C)Oc1cc2nc(C3CCC(C(=O)O)CC3)oc2cc1N. The van der Waals surface area contributed by atoms with E-state index in [1.54, 1.807) is 6.07 Å². The van der Waals surface area contributed by atoms with Gasteiger partial charge in [-0.2, -0.15) is 0 Å². The lowest BCUT2D eigenvalue weighted by Crippen LogP contribution is -2.44. The summed E-state index contributed by atoms with van der Waals surface area (Å²) in [5, 5.41) is 9.23. The molecule has 1 saturated carbocycles. The number of hydrogen-bond acceptors (Lipinski definition) is 5. The molecule has 0 spiro atoms. The van der Waals surface area contributed by atoms with Gasteiger partial charge in [0.1, 0.15) is 11.3 Å². The highest BCUT2D eigenvalue weighted by Crippen LogP contribution is 2.41. The van der Waals surface area contributed by atoms with Gasteiger partial charge in [0, 0.05) is 18.1 Å². The van der Waals surface area contributed by atoms with Crippen LogP contribution in [-0.2, 0) is 4.79 Å². The first-order valence-electron chi connectivity index (χ1n) is 9.60. The Kier molecular flexibility index (Phi) is 5.01. The molecule has 0 amide bonds. The Morgan fingerprint density at radius 1 is 1.26 bits per heavy atom. The van der Waals surface area contributed by atoms with Gasteiger partial charge < -0.3 is 19.7 Å². The molecule has 6 nitrogen and oxygen atoms in total. The van der Waals surface area contributed by atoms with Crippen LogP contribution in [0.1, 0.15) is 58.3 Å². The molecule has 7 heteroatoms. The Morgan fingerprint density at radius 3 is 2.44 bits per heavy atom. The summed E-state index contributed by atoms with van der Waals surface area (Å²) in [7, 11) is -2.00. The van der Waals surface area contributed by atoms with Crippen LogP contribution in [0, 0.1) is 5.92 Å². The summed E-state index contributed by atoms with van der Waals surface area (Å²) in [6.45, 7) is 10.9. The van der Waals surface area contributed by atoms with Crippen LogP contribution in [0.4, 0.5) is 5.69 Å².